The molecule has 4 fully saturated rings. The summed E-state index contributed by atoms with van der Waals surface area (Å²) in [4.78, 5) is 15.0. The number of carbonyl (C=O) groups is 1. The van der Waals surface area contributed by atoms with Crippen molar-refractivity contribution in [3.8, 4) is 6.07 Å². The molecule has 5 rings (SSSR count). The molecule has 0 spiro atoms. The number of aromatic nitrogens is 2. The molecule has 2 aliphatic heterocycles. The standard InChI is InChI=1S/C17H21N5O2S/c18-6-14-20-21-17(25-14)22-4-3-9-1-2-12(13(22)5-9)19-16(23)15-10-7-24-8-11(10)15/h9-13,15H,1-5,7-8H2,(H,19,23)/t9?,10-,11+,12?,13?,15?. The van der Waals surface area contributed by atoms with Gasteiger partial charge in [-0.2, -0.15) is 5.26 Å². The number of piperidine rings is 1. The molecular formula is C17H21N5O2S. The van der Waals surface area contributed by atoms with E-state index in [1.807, 2.05) is 0 Å². The second-order valence-corrected chi connectivity index (χ2v) is 8.69. The zero-order valence-corrected chi connectivity index (χ0v) is 14.7. The molecule has 4 aliphatic rings. The topological polar surface area (TPSA) is 91.1 Å². The molecule has 6 atom stereocenters. The van der Waals surface area contributed by atoms with Gasteiger partial charge in [-0.15, -0.1) is 10.2 Å². The van der Waals surface area contributed by atoms with Crippen LogP contribution in [0.15, 0.2) is 0 Å². The normalized spacial score (nSPS) is 38.8. The Morgan fingerprint density at radius 1 is 1.28 bits per heavy atom. The highest BCUT2D eigenvalue weighted by atomic mass is 32.1. The Morgan fingerprint density at radius 2 is 2.12 bits per heavy atom. The molecule has 4 unspecified atom stereocenters. The van der Waals surface area contributed by atoms with Gasteiger partial charge in [-0.05, 0) is 43.4 Å². The first-order valence-electron chi connectivity index (χ1n) is 9.13. The monoisotopic (exact) mass is 359 g/mol. The van der Waals surface area contributed by atoms with Gasteiger partial charge in [0.1, 0.15) is 6.07 Å². The van der Waals surface area contributed by atoms with E-state index < -0.39 is 0 Å². The van der Waals surface area contributed by atoms with E-state index in [1.165, 1.54) is 17.8 Å². The number of nitrogens with zero attached hydrogens (tertiary/aromatic N) is 4. The summed E-state index contributed by atoms with van der Waals surface area (Å²) in [5, 5.41) is 21.7. The van der Waals surface area contributed by atoms with Crippen LogP contribution in [0.2, 0.25) is 0 Å². The van der Waals surface area contributed by atoms with Crippen LogP contribution in [0.1, 0.15) is 30.7 Å². The lowest BCUT2D eigenvalue weighted by atomic mass is 9.77. The predicted molar refractivity (Wildman–Crippen MR) is 90.9 cm³/mol. The summed E-state index contributed by atoms with van der Waals surface area (Å²) < 4.78 is 5.40. The van der Waals surface area contributed by atoms with E-state index in [2.05, 4.69) is 26.5 Å². The van der Waals surface area contributed by atoms with Gasteiger partial charge < -0.3 is 15.0 Å². The van der Waals surface area contributed by atoms with Crippen molar-refractivity contribution in [1.82, 2.24) is 15.5 Å². The first kappa shape index (κ1) is 15.5. The maximum absolute atomic E-state index is 12.7. The summed E-state index contributed by atoms with van der Waals surface area (Å²) in [6.45, 7) is 2.42. The van der Waals surface area contributed by atoms with E-state index in [-0.39, 0.29) is 23.9 Å². The molecule has 1 aromatic heterocycles. The Morgan fingerprint density at radius 3 is 2.88 bits per heavy atom. The molecular weight excluding hydrogens is 338 g/mol. The molecule has 0 radical (unpaired) electrons. The highest BCUT2D eigenvalue weighted by molar-refractivity contribution is 7.15. The summed E-state index contributed by atoms with van der Waals surface area (Å²) in [6, 6.07) is 2.50. The minimum atomic E-state index is 0.162. The number of fused-ring (bicyclic) bond motifs is 3. The van der Waals surface area contributed by atoms with Gasteiger partial charge in [0.2, 0.25) is 16.0 Å². The lowest BCUT2D eigenvalue weighted by Crippen LogP contribution is -2.58. The van der Waals surface area contributed by atoms with Gasteiger partial charge in [-0.25, -0.2) is 0 Å². The van der Waals surface area contributed by atoms with Gasteiger partial charge in [-0.1, -0.05) is 11.3 Å². The van der Waals surface area contributed by atoms with Gasteiger partial charge in [0.25, 0.3) is 0 Å². The Hall–Kier alpha value is -1.72. The van der Waals surface area contributed by atoms with Crippen molar-refractivity contribution in [3.63, 3.8) is 0 Å². The minimum Gasteiger partial charge on any atom is -0.381 e. The molecule has 132 valence electrons. The first-order valence-corrected chi connectivity index (χ1v) is 9.94. The third kappa shape index (κ3) is 2.61. The average molecular weight is 359 g/mol. The van der Waals surface area contributed by atoms with E-state index in [1.54, 1.807) is 0 Å². The smallest absolute Gasteiger partial charge is 0.224 e. The Labute approximate surface area is 150 Å². The van der Waals surface area contributed by atoms with Gasteiger partial charge >= 0.3 is 0 Å². The van der Waals surface area contributed by atoms with Crippen LogP contribution in [0.3, 0.4) is 0 Å². The van der Waals surface area contributed by atoms with Crippen LogP contribution in [0, 0.1) is 35.0 Å². The van der Waals surface area contributed by atoms with Gasteiger partial charge in [0, 0.05) is 18.5 Å². The number of ether oxygens (including phenoxy) is 1. The van der Waals surface area contributed by atoms with Gasteiger partial charge in [0.05, 0.1) is 19.3 Å². The largest absolute Gasteiger partial charge is 0.381 e. The van der Waals surface area contributed by atoms with Crippen molar-refractivity contribution in [2.75, 3.05) is 24.7 Å². The van der Waals surface area contributed by atoms with E-state index >= 15 is 0 Å². The van der Waals surface area contributed by atoms with Crippen LogP contribution in [-0.4, -0.2) is 47.9 Å². The molecule has 25 heavy (non-hydrogen) atoms. The third-order valence-corrected chi connectivity index (χ3v) is 7.31. The number of hydrogen-bond acceptors (Lipinski definition) is 7. The Balaban J connectivity index is 1.31. The number of nitriles is 1. The molecule has 8 heteroatoms. The van der Waals surface area contributed by atoms with Crippen LogP contribution >= 0.6 is 11.3 Å². The molecule has 3 heterocycles. The number of anilines is 1. The van der Waals surface area contributed by atoms with Crippen LogP contribution in [0.25, 0.3) is 0 Å². The van der Waals surface area contributed by atoms with Crippen LogP contribution in [-0.2, 0) is 9.53 Å². The van der Waals surface area contributed by atoms with Gasteiger partial charge in [0.15, 0.2) is 0 Å². The zero-order valence-electron chi connectivity index (χ0n) is 13.9. The predicted octanol–water partition coefficient (Wildman–Crippen LogP) is 1.17. The lowest BCUT2D eigenvalue weighted by Gasteiger charge is -2.47. The number of nitrogens with one attached hydrogen (secondary N) is 1. The third-order valence-electron chi connectivity index (χ3n) is 6.44. The lowest BCUT2D eigenvalue weighted by molar-refractivity contribution is -0.124. The maximum Gasteiger partial charge on any atom is 0.224 e. The zero-order chi connectivity index (χ0) is 17.0. The van der Waals surface area contributed by atoms with Crippen molar-refractivity contribution < 1.29 is 9.53 Å². The van der Waals surface area contributed by atoms with Crippen molar-refractivity contribution >= 4 is 22.4 Å². The maximum atomic E-state index is 12.7. The van der Waals surface area contributed by atoms with Crippen LogP contribution in [0.4, 0.5) is 5.13 Å². The molecule has 0 aromatic carbocycles. The van der Waals surface area contributed by atoms with E-state index in [0.717, 1.165) is 50.1 Å². The van der Waals surface area contributed by atoms with Crippen LogP contribution in [0.5, 0.6) is 0 Å². The highest BCUT2D eigenvalue weighted by Gasteiger charge is 2.58. The number of rotatable bonds is 3. The minimum absolute atomic E-state index is 0.162. The summed E-state index contributed by atoms with van der Waals surface area (Å²) in [7, 11) is 0. The first-order chi connectivity index (χ1) is 12.2. The fourth-order valence-corrected chi connectivity index (χ4v) is 5.74. The molecule has 2 bridgehead atoms. The molecule has 1 aromatic rings. The van der Waals surface area contributed by atoms with Crippen molar-refractivity contribution in [2.45, 2.75) is 37.8 Å². The van der Waals surface area contributed by atoms with E-state index in [0.29, 0.717) is 16.8 Å². The fraction of sp³-hybridized carbons (Fsp3) is 0.765. The Kier molecular flexibility index (Phi) is 3.68. The Bertz CT molecular complexity index is 721. The number of amides is 1. The second kappa shape index (κ2) is 5.92. The molecule has 2 aliphatic carbocycles. The van der Waals surface area contributed by atoms with E-state index in [9.17, 15) is 4.79 Å². The van der Waals surface area contributed by atoms with Crippen molar-refractivity contribution in [3.05, 3.63) is 5.01 Å². The SMILES string of the molecule is N#Cc1nnc(N2CCC3CCC(NC(=O)C4[C@H]5COC[C@@H]45)C2C3)s1. The second-order valence-electron chi connectivity index (χ2n) is 7.74. The summed E-state index contributed by atoms with van der Waals surface area (Å²) in [5.41, 5.74) is 0. The number of carbonyl (C=O) groups excluding carboxylic acids is 1. The molecule has 2 saturated heterocycles. The molecule has 1 amide bonds. The summed E-state index contributed by atoms with van der Waals surface area (Å²) in [5.74, 6) is 2.00. The molecule has 2 saturated carbocycles. The summed E-state index contributed by atoms with van der Waals surface area (Å²) >= 11 is 1.35. The van der Waals surface area contributed by atoms with E-state index in [4.69, 9.17) is 10.00 Å². The molecule has 1 N–H and O–H groups in total. The fourth-order valence-electron chi connectivity index (χ4n) is 5.02. The van der Waals surface area contributed by atoms with Crippen molar-refractivity contribution in [2.24, 2.45) is 23.7 Å². The highest BCUT2D eigenvalue weighted by Crippen LogP contribution is 2.51. The average Bonchev–Trinajstić information content (AvgIpc) is 3.00. The van der Waals surface area contributed by atoms with Crippen LogP contribution < -0.4 is 10.2 Å². The summed E-state index contributed by atoms with van der Waals surface area (Å²) in [6.07, 6.45) is 4.46. The quantitative estimate of drug-likeness (QED) is 0.871. The molecule has 7 nitrogen and oxygen atoms in total. The number of hydrogen-bond donors (Lipinski definition) is 1. The van der Waals surface area contributed by atoms with Crippen molar-refractivity contribution in [1.29, 1.82) is 5.26 Å². The van der Waals surface area contributed by atoms with Gasteiger partial charge in [-0.3, -0.25) is 4.79 Å².